The van der Waals surface area contributed by atoms with Gasteiger partial charge in [-0.2, -0.15) is 0 Å². The maximum Gasteiger partial charge on any atom is 0.179 e. The van der Waals surface area contributed by atoms with Crippen LogP contribution in [0.4, 0.5) is 0 Å². The first-order chi connectivity index (χ1) is 7.29. The minimum Gasteiger partial charge on any atom is -0.307 e. The van der Waals surface area contributed by atoms with Crippen LogP contribution in [0.1, 0.15) is 37.0 Å². The van der Waals surface area contributed by atoms with Gasteiger partial charge in [-0.05, 0) is 19.4 Å². The standard InChI is InChI=1S/C13H19NO.ClH/c1-3-10-14-12(4-2)13(15)11-8-6-5-7-9-11;/h5-9,12,14H,3-4,10H2,1-2H3;1H. The molecule has 0 amide bonds. The van der Waals surface area contributed by atoms with E-state index in [0.29, 0.717) is 0 Å². The largest absolute Gasteiger partial charge is 0.307 e. The average molecular weight is 242 g/mol. The summed E-state index contributed by atoms with van der Waals surface area (Å²) < 4.78 is 0. The second-order valence-electron chi connectivity index (χ2n) is 3.65. The van der Waals surface area contributed by atoms with Crippen LogP contribution in [0.5, 0.6) is 0 Å². The summed E-state index contributed by atoms with van der Waals surface area (Å²) >= 11 is 0. The van der Waals surface area contributed by atoms with E-state index in [2.05, 4.69) is 12.2 Å². The summed E-state index contributed by atoms with van der Waals surface area (Å²) in [6.45, 7) is 5.04. The molecule has 90 valence electrons. The van der Waals surface area contributed by atoms with E-state index >= 15 is 0 Å². The van der Waals surface area contributed by atoms with E-state index in [9.17, 15) is 4.79 Å². The summed E-state index contributed by atoms with van der Waals surface area (Å²) in [6, 6.07) is 9.45. The Morgan fingerprint density at radius 1 is 1.25 bits per heavy atom. The van der Waals surface area contributed by atoms with Crippen molar-refractivity contribution in [1.82, 2.24) is 5.32 Å². The fourth-order valence-corrected chi connectivity index (χ4v) is 1.54. The van der Waals surface area contributed by atoms with E-state index in [-0.39, 0.29) is 24.2 Å². The number of benzene rings is 1. The Morgan fingerprint density at radius 2 is 1.88 bits per heavy atom. The monoisotopic (exact) mass is 241 g/mol. The van der Waals surface area contributed by atoms with Crippen molar-refractivity contribution in [2.24, 2.45) is 0 Å². The minimum absolute atomic E-state index is 0. The van der Waals surface area contributed by atoms with Gasteiger partial charge >= 0.3 is 0 Å². The van der Waals surface area contributed by atoms with Crippen molar-refractivity contribution in [2.45, 2.75) is 32.7 Å². The first-order valence-electron chi connectivity index (χ1n) is 5.62. The SMILES string of the molecule is CCCNC(CC)C(=O)c1ccccc1.Cl. The van der Waals surface area contributed by atoms with E-state index in [1.807, 2.05) is 37.3 Å². The van der Waals surface area contributed by atoms with Gasteiger partial charge in [0.2, 0.25) is 0 Å². The molecule has 0 heterocycles. The van der Waals surface area contributed by atoms with Gasteiger partial charge in [-0.15, -0.1) is 12.4 Å². The number of carbonyl (C=O) groups excluding carboxylic acids is 1. The number of halogens is 1. The molecule has 2 nitrogen and oxygen atoms in total. The molecule has 1 aromatic rings. The molecule has 0 aliphatic heterocycles. The minimum atomic E-state index is -0.0349. The normalized spacial score (nSPS) is 11.6. The van der Waals surface area contributed by atoms with Crippen molar-refractivity contribution in [1.29, 1.82) is 0 Å². The molecule has 0 aliphatic rings. The van der Waals surface area contributed by atoms with Gasteiger partial charge in [-0.3, -0.25) is 4.79 Å². The lowest BCUT2D eigenvalue weighted by atomic mass is 10.0. The summed E-state index contributed by atoms with van der Waals surface area (Å²) in [6.07, 6.45) is 1.90. The van der Waals surface area contributed by atoms with Crippen LogP contribution in [-0.2, 0) is 0 Å². The third-order valence-corrected chi connectivity index (χ3v) is 2.42. The zero-order valence-electron chi connectivity index (χ0n) is 9.90. The van der Waals surface area contributed by atoms with Crippen LogP contribution in [0, 0.1) is 0 Å². The van der Waals surface area contributed by atoms with Crippen LogP contribution in [0.2, 0.25) is 0 Å². The van der Waals surface area contributed by atoms with Gasteiger partial charge in [-0.1, -0.05) is 44.2 Å². The smallest absolute Gasteiger partial charge is 0.179 e. The maximum absolute atomic E-state index is 12.0. The molecule has 0 spiro atoms. The topological polar surface area (TPSA) is 29.1 Å². The van der Waals surface area contributed by atoms with Crippen LogP contribution < -0.4 is 5.32 Å². The van der Waals surface area contributed by atoms with Crippen molar-refractivity contribution in [3.8, 4) is 0 Å². The average Bonchev–Trinajstić information content (AvgIpc) is 2.31. The molecule has 1 rings (SSSR count). The predicted octanol–water partition coefficient (Wildman–Crippen LogP) is 3.07. The first kappa shape index (κ1) is 15.1. The van der Waals surface area contributed by atoms with Crippen molar-refractivity contribution in [3.05, 3.63) is 35.9 Å². The Balaban J connectivity index is 0.00000225. The number of Topliss-reactive ketones (excluding diaryl/α,β-unsaturated/α-hetero) is 1. The third-order valence-electron chi connectivity index (χ3n) is 2.42. The van der Waals surface area contributed by atoms with Gasteiger partial charge in [0.15, 0.2) is 5.78 Å². The molecule has 1 unspecified atom stereocenters. The molecule has 0 bridgehead atoms. The highest BCUT2D eigenvalue weighted by Crippen LogP contribution is 2.05. The highest BCUT2D eigenvalue weighted by atomic mass is 35.5. The van der Waals surface area contributed by atoms with E-state index in [4.69, 9.17) is 0 Å². The Morgan fingerprint density at radius 3 is 2.38 bits per heavy atom. The lowest BCUT2D eigenvalue weighted by molar-refractivity contribution is 0.0941. The number of nitrogens with one attached hydrogen (secondary N) is 1. The quantitative estimate of drug-likeness (QED) is 0.776. The molecule has 0 saturated carbocycles. The fourth-order valence-electron chi connectivity index (χ4n) is 1.54. The molecule has 0 aliphatic carbocycles. The van der Waals surface area contributed by atoms with Crippen molar-refractivity contribution in [2.75, 3.05) is 6.54 Å². The van der Waals surface area contributed by atoms with E-state index in [1.165, 1.54) is 0 Å². The van der Waals surface area contributed by atoms with Gasteiger partial charge < -0.3 is 5.32 Å². The highest BCUT2D eigenvalue weighted by molar-refractivity contribution is 6.00. The molecule has 1 atom stereocenters. The summed E-state index contributed by atoms with van der Waals surface area (Å²) in [4.78, 5) is 12.0. The molecular formula is C13H20ClNO. The second kappa shape index (κ2) is 8.31. The zero-order valence-corrected chi connectivity index (χ0v) is 10.7. The van der Waals surface area contributed by atoms with Gasteiger partial charge in [0.1, 0.15) is 0 Å². The zero-order chi connectivity index (χ0) is 11.1. The lowest BCUT2D eigenvalue weighted by Gasteiger charge is -2.15. The molecule has 16 heavy (non-hydrogen) atoms. The van der Waals surface area contributed by atoms with E-state index < -0.39 is 0 Å². The summed E-state index contributed by atoms with van der Waals surface area (Å²) in [5.41, 5.74) is 0.799. The molecule has 3 heteroatoms. The molecule has 1 aromatic carbocycles. The Hall–Kier alpha value is -0.860. The van der Waals surface area contributed by atoms with Crippen molar-refractivity contribution in [3.63, 3.8) is 0 Å². The predicted molar refractivity (Wildman–Crippen MR) is 70.4 cm³/mol. The molecule has 0 fully saturated rings. The molecule has 1 N–H and O–H groups in total. The van der Waals surface area contributed by atoms with Crippen LogP contribution in [0.15, 0.2) is 30.3 Å². The van der Waals surface area contributed by atoms with Crippen LogP contribution >= 0.6 is 12.4 Å². The fraction of sp³-hybridized carbons (Fsp3) is 0.462. The first-order valence-corrected chi connectivity index (χ1v) is 5.62. The van der Waals surface area contributed by atoms with Crippen molar-refractivity contribution >= 4 is 18.2 Å². The van der Waals surface area contributed by atoms with Gasteiger partial charge in [0.05, 0.1) is 6.04 Å². The molecule has 0 saturated heterocycles. The van der Waals surface area contributed by atoms with E-state index in [1.54, 1.807) is 0 Å². The number of carbonyl (C=O) groups is 1. The van der Waals surface area contributed by atoms with Crippen LogP contribution in [-0.4, -0.2) is 18.4 Å². The number of hydrogen-bond acceptors (Lipinski definition) is 2. The Kier molecular flexibility index (Phi) is 7.86. The summed E-state index contributed by atoms with van der Waals surface area (Å²) in [5.74, 6) is 0.201. The molecular weight excluding hydrogens is 222 g/mol. The summed E-state index contributed by atoms with van der Waals surface area (Å²) in [7, 11) is 0. The molecule has 0 aromatic heterocycles. The highest BCUT2D eigenvalue weighted by Gasteiger charge is 2.16. The number of hydrogen-bond donors (Lipinski definition) is 1. The third kappa shape index (κ3) is 4.33. The van der Waals surface area contributed by atoms with Gasteiger partial charge in [0, 0.05) is 5.56 Å². The van der Waals surface area contributed by atoms with E-state index in [0.717, 1.165) is 24.9 Å². The van der Waals surface area contributed by atoms with Crippen LogP contribution in [0.3, 0.4) is 0 Å². The number of rotatable bonds is 6. The van der Waals surface area contributed by atoms with Gasteiger partial charge in [-0.25, -0.2) is 0 Å². The maximum atomic E-state index is 12.0. The van der Waals surface area contributed by atoms with Crippen molar-refractivity contribution < 1.29 is 4.79 Å². The van der Waals surface area contributed by atoms with Crippen LogP contribution in [0.25, 0.3) is 0 Å². The second-order valence-corrected chi connectivity index (χ2v) is 3.65. The van der Waals surface area contributed by atoms with Gasteiger partial charge in [0.25, 0.3) is 0 Å². The Bertz CT molecular complexity index is 300. The number of ketones is 1. The lowest BCUT2D eigenvalue weighted by Crippen LogP contribution is -2.36. The summed E-state index contributed by atoms with van der Waals surface area (Å²) in [5, 5.41) is 3.27. The Labute approximate surface area is 104 Å². The molecule has 0 radical (unpaired) electrons.